The minimum Gasteiger partial charge on any atom is -0.480 e. The van der Waals surface area contributed by atoms with Gasteiger partial charge >= 0.3 is 0 Å². The number of hydrogen-bond acceptors (Lipinski definition) is 3. The summed E-state index contributed by atoms with van der Waals surface area (Å²) >= 11 is 0. The number of carbonyl (C=O) groups excluding carboxylic acids is 1. The van der Waals surface area contributed by atoms with E-state index in [-0.39, 0.29) is 11.8 Å². The summed E-state index contributed by atoms with van der Waals surface area (Å²) in [7, 11) is 0. The summed E-state index contributed by atoms with van der Waals surface area (Å²) in [6, 6.07) is 9.56. The van der Waals surface area contributed by atoms with Crippen molar-refractivity contribution in [2.45, 2.75) is 20.0 Å². The summed E-state index contributed by atoms with van der Waals surface area (Å²) in [4.78, 5) is 14.4. The monoisotopic (exact) mass is 262 g/mol. The van der Waals surface area contributed by atoms with Gasteiger partial charge in [0.05, 0.1) is 0 Å². The highest BCUT2D eigenvalue weighted by molar-refractivity contribution is 5.81. The van der Waals surface area contributed by atoms with Crippen LogP contribution in [0.1, 0.15) is 13.8 Å². The molecule has 1 aromatic rings. The van der Waals surface area contributed by atoms with Crippen LogP contribution in [0.5, 0.6) is 5.75 Å². The number of amides is 1. The molecule has 1 unspecified atom stereocenters. The standard InChI is InChI=1S/C15H22N2O2/c1-12(2)14(19-13-6-4-3-5-7-13)15(18)17-10-8-16-9-11-17/h3-7,12,14,16H,8-11H2,1-2H3. The maximum absolute atomic E-state index is 12.5. The van der Waals surface area contributed by atoms with Crippen LogP contribution < -0.4 is 10.1 Å². The van der Waals surface area contributed by atoms with E-state index in [9.17, 15) is 4.79 Å². The summed E-state index contributed by atoms with van der Waals surface area (Å²) in [6.07, 6.45) is -0.402. The van der Waals surface area contributed by atoms with E-state index in [0.29, 0.717) is 0 Å². The molecule has 4 heteroatoms. The van der Waals surface area contributed by atoms with Crippen molar-refractivity contribution in [1.29, 1.82) is 0 Å². The number of benzene rings is 1. The zero-order chi connectivity index (χ0) is 13.7. The lowest BCUT2D eigenvalue weighted by atomic mass is 10.1. The van der Waals surface area contributed by atoms with E-state index in [0.717, 1.165) is 31.9 Å². The van der Waals surface area contributed by atoms with E-state index in [1.165, 1.54) is 0 Å². The van der Waals surface area contributed by atoms with Gasteiger partial charge in [0.1, 0.15) is 5.75 Å². The Bertz CT molecular complexity index is 400. The van der Waals surface area contributed by atoms with E-state index in [1.807, 2.05) is 49.1 Å². The lowest BCUT2D eigenvalue weighted by molar-refractivity contribution is -0.141. The van der Waals surface area contributed by atoms with E-state index in [4.69, 9.17) is 4.74 Å². The number of para-hydroxylation sites is 1. The molecule has 1 aliphatic rings. The first-order valence-corrected chi connectivity index (χ1v) is 6.89. The molecular formula is C15H22N2O2. The van der Waals surface area contributed by atoms with Gasteiger partial charge < -0.3 is 15.0 Å². The molecule has 1 amide bonds. The molecule has 4 nitrogen and oxygen atoms in total. The predicted molar refractivity (Wildman–Crippen MR) is 75.1 cm³/mol. The zero-order valence-corrected chi connectivity index (χ0v) is 11.6. The first-order valence-electron chi connectivity index (χ1n) is 6.89. The third-order valence-electron chi connectivity index (χ3n) is 3.28. The minimum atomic E-state index is -0.402. The summed E-state index contributed by atoms with van der Waals surface area (Å²) in [5, 5.41) is 3.25. The fourth-order valence-corrected chi connectivity index (χ4v) is 2.18. The predicted octanol–water partition coefficient (Wildman–Crippen LogP) is 1.52. The van der Waals surface area contributed by atoms with Crippen LogP contribution in [-0.2, 0) is 4.79 Å². The van der Waals surface area contributed by atoms with Gasteiger partial charge in [0.2, 0.25) is 0 Å². The Balaban J connectivity index is 2.04. The molecule has 0 bridgehead atoms. The van der Waals surface area contributed by atoms with Crippen LogP contribution in [-0.4, -0.2) is 43.1 Å². The smallest absolute Gasteiger partial charge is 0.263 e. The van der Waals surface area contributed by atoms with Gasteiger partial charge in [-0.05, 0) is 18.1 Å². The van der Waals surface area contributed by atoms with Crippen molar-refractivity contribution in [2.75, 3.05) is 26.2 Å². The Labute approximate surface area is 114 Å². The minimum absolute atomic E-state index is 0.0975. The second kappa shape index (κ2) is 6.57. The molecular weight excluding hydrogens is 240 g/mol. The third-order valence-corrected chi connectivity index (χ3v) is 3.28. The Morgan fingerprint density at radius 1 is 1.21 bits per heavy atom. The van der Waals surface area contributed by atoms with E-state index in [2.05, 4.69) is 5.32 Å². The largest absolute Gasteiger partial charge is 0.480 e. The van der Waals surface area contributed by atoms with Crippen molar-refractivity contribution in [3.8, 4) is 5.75 Å². The Kier molecular flexibility index (Phi) is 4.80. The SMILES string of the molecule is CC(C)C(Oc1ccccc1)C(=O)N1CCNCC1. The van der Waals surface area contributed by atoms with E-state index < -0.39 is 6.10 Å². The van der Waals surface area contributed by atoms with Gasteiger partial charge in [-0.3, -0.25) is 4.79 Å². The van der Waals surface area contributed by atoms with Gasteiger partial charge in [0, 0.05) is 26.2 Å². The number of ether oxygens (including phenoxy) is 1. The first-order chi connectivity index (χ1) is 9.18. The van der Waals surface area contributed by atoms with Gasteiger partial charge in [0.25, 0.3) is 5.91 Å². The quantitative estimate of drug-likeness (QED) is 0.894. The van der Waals surface area contributed by atoms with Gasteiger partial charge in [0.15, 0.2) is 6.10 Å². The van der Waals surface area contributed by atoms with Gasteiger partial charge in [-0.25, -0.2) is 0 Å². The van der Waals surface area contributed by atoms with E-state index in [1.54, 1.807) is 0 Å². The lowest BCUT2D eigenvalue weighted by Gasteiger charge is -2.32. The van der Waals surface area contributed by atoms with Crippen LogP contribution in [0.25, 0.3) is 0 Å². The third kappa shape index (κ3) is 3.70. The number of piperazine rings is 1. The molecule has 0 aromatic heterocycles. The second-order valence-corrected chi connectivity index (χ2v) is 5.17. The van der Waals surface area contributed by atoms with E-state index >= 15 is 0 Å². The molecule has 1 saturated heterocycles. The van der Waals surface area contributed by atoms with Crippen LogP contribution >= 0.6 is 0 Å². The van der Waals surface area contributed by atoms with Crippen LogP contribution in [0.4, 0.5) is 0 Å². The molecule has 1 aromatic carbocycles. The highest BCUT2D eigenvalue weighted by Crippen LogP contribution is 2.17. The summed E-state index contributed by atoms with van der Waals surface area (Å²) in [5.41, 5.74) is 0. The van der Waals surface area contributed by atoms with Crippen molar-refractivity contribution < 1.29 is 9.53 Å². The number of nitrogens with one attached hydrogen (secondary N) is 1. The summed E-state index contributed by atoms with van der Waals surface area (Å²) in [6.45, 7) is 7.30. The first kappa shape index (κ1) is 13.9. The lowest BCUT2D eigenvalue weighted by Crippen LogP contribution is -2.52. The molecule has 1 atom stereocenters. The molecule has 1 aliphatic heterocycles. The van der Waals surface area contributed by atoms with Crippen molar-refractivity contribution in [1.82, 2.24) is 10.2 Å². The fraction of sp³-hybridized carbons (Fsp3) is 0.533. The molecule has 1 heterocycles. The van der Waals surface area contributed by atoms with Gasteiger partial charge in [-0.2, -0.15) is 0 Å². The molecule has 0 saturated carbocycles. The summed E-state index contributed by atoms with van der Waals surface area (Å²) < 4.78 is 5.88. The van der Waals surface area contributed by atoms with Crippen molar-refractivity contribution in [2.24, 2.45) is 5.92 Å². The highest BCUT2D eigenvalue weighted by Gasteiger charge is 2.29. The fourth-order valence-electron chi connectivity index (χ4n) is 2.18. The zero-order valence-electron chi connectivity index (χ0n) is 11.6. The normalized spacial score (nSPS) is 17.3. The second-order valence-electron chi connectivity index (χ2n) is 5.17. The number of hydrogen-bond donors (Lipinski definition) is 1. The van der Waals surface area contributed by atoms with Crippen molar-refractivity contribution in [3.63, 3.8) is 0 Å². The van der Waals surface area contributed by atoms with Crippen molar-refractivity contribution >= 4 is 5.91 Å². The van der Waals surface area contributed by atoms with Crippen LogP contribution in [0.3, 0.4) is 0 Å². The van der Waals surface area contributed by atoms with Crippen LogP contribution in [0, 0.1) is 5.92 Å². The molecule has 0 radical (unpaired) electrons. The Hall–Kier alpha value is -1.55. The topological polar surface area (TPSA) is 41.6 Å². The molecule has 1 fully saturated rings. The average Bonchev–Trinajstić information content (AvgIpc) is 2.46. The van der Waals surface area contributed by atoms with Gasteiger partial charge in [-0.15, -0.1) is 0 Å². The van der Waals surface area contributed by atoms with Crippen LogP contribution in [0.15, 0.2) is 30.3 Å². The maximum atomic E-state index is 12.5. The molecule has 104 valence electrons. The molecule has 0 aliphatic carbocycles. The number of rotatable bonds is 4. The maximum Gasteiger partial charge on any atom is 0.263 e. The highest BCUT2D eigenvalue weighted by atomic mass is 16.5. The average molecular weight is 262 g/mol. The van der Waals surface area contributed by atoms with Crippen molar-refractivity contribution in [3.05, 3.63) is 30.3 Å². The van der Waals surface area contributed by atoms with Crippen LogP contribution in [0.2, 0.25) is 0 Å². The molecule has 0 spiro atoms. The molecule has 19 heavy (non-hydrogen) atoms. The van der Waals surface area contributed by atoms with Gasteiger partial charge in [-0.1, -0.05) is 32.0 Å². The Morgan fingerprint density at radius 3 is 2.42 bits per heavy atom. The number of nitrogens with zero attached hydrogens (tertiary/aromatic N) is 1. The summed E-state index contributed by atoms with van der Waals surface area (Å²) in [5.74, 6) is 1.01. The number of carbonyl (C=O) groups is 1. The molecule has 1 N–H and O–H groups in total. The molecule has 2 rings (SSSR count). The Morgan fingerprint density at radius 2 is 1.84 bits per heavy atom.